The second-order valence-electron chi connectivity index (χ2n) is 6.71. The molecule has 0 radical (unpaired) electrons. The highest BCUT2D eigenvalue weighted by Gasteiger charge is 2.50. The zero-order valence-electron chi connectivity index (χ0n) is 12.0. The van der Waals surface area contributed by atoms with E-state index in [1.807, 2.05) is 0 Å². The van der Waals surface area contributed by atoms with Crippen molar-refractivity contribution in [2.45, 2.75) is 50.7 Å². The number of aliphatic hydroxyl groups excluding tert-OH is 1. The predicted octanol–water partition coefficient (Wildman–Crippen LogP) is 3.03. The molecule has 0 aromatic heterocycles. The minimum atomic E-state index is -0.212. The molecule has 2 aliphatic rings. The average molecular weight is 259 g/mol. The van der Waals surface area contributed by atoms with E-state index < -0.39 is 0 Å². The number of hydrogen-bond donors (Lipinski definition) is 1. The van der Waals surface area contributed by atoms with Gasteiger partial charge >= 0.3 is 0 Å². The molecule has 0 spiro atoms. The van der Waals surface area contributed by atoms with E-state index in [4.69, 9.17) is 0 Å². The summed E-state index contributed by atoms with van der Waals surface area (Å²) in [7, 11) is 0. The van der Waals surface area contributed by atoms with Crippen LogP contribution in [0.25, 0.3) is 0 Å². The number of aliphatic hydroxyl groups is 1. The van der Waals surface area contributed by atoms with Crippen LogP contribution in [0.1, 0.15) is 44.6 Å². The number of hydrogen-bond acceptors (Lipinski definition) is 2. The van der Waals surface area contributed by atoms with Crippen LogP contribution in [0.2, 0.25) is 0 Å². The van der Waals surface area contributed by atoms with E-state index in [9.17, 15) is 5.11 Å². The van der Waals surface area contributed by atoms with Crippen molar-refractivity contribution in [3.8, 4) is 0 Å². The van der Waals surface area contributed by atoms with Gasteiger partial charge < -0.3 is 5.11 Å². The van der Waals surface area contributed by atoms with Crippen molar-refractivity contribution < 1.29 is 5.11 Å². The molecule has 1 aliphatic heterocycles. The Bertz CT molecular complexity index is 422. The maximum Gasteiger partial charge on any atom is 0.0752 e. The maximum atomic E-state index is 10.8. The zero-order chi connectivity index (χ0) is 13.5. The van der Waals surface area contributed by atoms with Gasteiger partial charge in [-0.05, 0) is 63.6 Å². The molecular formula is C17H25NO. The fourth-order valence-corrected chi connectivity index (χ4v) is 3.65. The number of likely N-dealkylation sites (tertiary alicyclic amines) is 1. The van der Waals surface area contributed by atoms with Crippen LogP contribution < -0.4 is 0 Å². The highest BCUT2D eigenvalue weighted by molar-refractivity contribution is 5.27. The first-order valence-electron chi connectivity index (χ1n) is 7.59. The highest BCUT2D eigenvalue weighted by Crippen LogP contribution is 2.52. The monoisotopic (exact) mass is 259 g/mol. The average Bonchev–Trinajstić information content (AvgIpc) is 3.02. The Balaban J connectivity index is 1.67. The van der Waals surface area contributed by atoms with Crippen molar-refractivity contribution in [2.75, 3.05) is 13.1 Å². The van der Waals surface area contributed by atoms with Crippen molar-refractivity contribution in [1.82, 2.24) is 4.90 Å². The maximum absolute atomic E-state index is 10.8. The molecule has 3 atom stereocenters. The van der Waals surface area contributed by atoms with E-state index in [2.05, 4.69) is 49.1 Å². The van der Waals surface area contributed by atoms with Gasteiger partial charge in [0.2, 0.25) is 0 Å². The summed E-state index contributed by atoms with van der Waals surface area (Å²) in [5.74, 6) is 1.01. The summed E-state index contributed by atoms with van der Waals surface area (Å²) >= 11 is 0. The molecule has 1 aromatic rings. The summed E-state index contributed by atoms with van der Waals surface area (Å²) in [4.78, 5) is 2.47. The molecule has 1 heterocycles. The van der Waals surface area contributed by atoms with Crippen LogP contribution in [0.3, 0.4) is 0 Å². The molecule has 1 N–H and O–H groups in total. The van der Waals surface area contributed by atoms with E-state index in [-0.39, 0.29) is 11.6 Å². The molecule has 19 heavy (non-hydrogen) atoms. The summed E-state index contributed by atoms with van der Waals surface area (Å²) in [5, 5.41) is 10.8. The SMILES string of the molecule is CC(C)(C(O)C1CC1c1ccccc1)N1CCCC1. The largest absolute Gasteiger partial charge is 0.391 e. The summed E-state index contributed by atoms with van der Waals surface area (Å²) in [6.07, 6.45) is 3.49. The first-order chi connectivity index (χ1) is 9.10. The summed E-state index contributed by atoms with van der Waals surface area (Å²) in [6.45, 7) is 6.71. The third kappa shape index (κ3) is 2.44. The molecule has 1 saturated carbocycles. The quantitative estimate of drug-likeness (QED) is 0.898. The van der Waals surface area contributed by atoms with Gasteiger partial charge in [0.05, 0.1) is 6.10 Å². The fourth-order valence-electron chi connectivity index (χ4n) is 3.65. The summed E-state index contributed by atoms with van der Waals surface area (Å²) in [5.41, 5.74) is 1.31. The molecule has 104 valence electrons. The molecule has 0 bridgehead atoms. The second kappa shape index (κ2) is 4.92. The van der Waals surface area contributed by atoms with E-state index >= 15 is 0 Å². The third-order valence-electron chi connectivity index (χ3n) is 5.12. The Hall–Kier alpha value is -0.860. The van der Waals surface area contributed by atoms with Crippen molar-refractivity contribution in [3.05, 3.63) is 35.9 Å². The molecule has 1 aromatic carbocycles. The topological polar surface area (TPSA) is 23.5 Å². The Labute approximate surface area is 116 Å². The lowest BCUT2D eigenvalue weighted by Crippen LogP contribution is -2.52. The second-order valence-corrected chi connectivity index (χ2v) is 6.71. The van der Waals surface area contributed by atoms with Crippen molar-refractivity contribution in [3.63, 3.8) is 0 Å². The lowest BCUT2D eigenvalue weighted by atomic mass is 9.90. The van der Waals surface area contributed by atoms with Gasteiger partial charge in [-0.2, -0.15) is 0 Å². The van der Waals surface area contributed by atoms with Gasteiger partial charge in [-0.25, -0.2) is 0 Å². The summed E-state index contributed by atoms with van der Waals surface area (Å²) in [6, 6.07) is 10.7. The van der Waals surface area contributed by atoms with Gasteiger partial charge in [0.1, 0.15) is 0 Å². The van der Waals surface area contributed by atoms with Crippen LogP contribution in [0.15, 0.2) is 30.3 Å². The fraction of sp³-hybridized carbons (Fsp3) is 0.647. The van der Waals surface area contributed by atoms with E-state index in [0.29, 0.717) is 11.8 Å². The molecule has 3 unspecified atom stereocenters. The van der Waals surface area contributed by atoms with Gasteiger partial charge in [-0.3, -0.25) is 4.90 Å². The van der Waals surface area contributed by atoms with Crippen molar-refractivity contribution in [1.29, 1.82) is 0 Å². The molecule has 2 heteroatoms. The predicted molar refractivity (Wildman–Crippen MR) is 78.2 cm³/mol. The van der Waals surface area contributed by atoms with Crippen LogP contribution >= 0.6 is 0 Å². The molecule has 0 amide bonds. The molecule has 1 saturated heterocycles. The lowest BCUT2D eigenvalue weighted by Gasteiger charge is -2.40. The van der Waals surface area contributed by atoms with Crippen LogP contribution in [-0.4, -0.2) is 34.7 Å². The Morgan fingerprint density at radius 3 is 2.42 bits per heavy atom. The molecule has 2 fully saturated rings. The minimum Gasteiger partial charge on any atom is -0.391 e. The van der Waals surface area contributed by atoms with Gasteiger partial charge in [-0.15, -0.1) is 0 Å². The normalized spacial score (nSPS) is 29.4. The van der Waals surface area contributed by atoms with Gasteiger partial charge in [-0.1, -0.05) is 30.3 Å². The van der Waals surface area contributed by atoms with Gasteiger partial charge in [0, 0.05) is 5.54 Å². The van der Waals surface area contributed by atoms with Crippen LogP contribution in [0.5, 0.6) is 0 Å². The highest BCUT2D eigenvalue weighted by atomic mass is 16.3. The van der Waals surface area contributed by atoms with E-state index in [0.717, 1.165) is 19.5 Å². The number of rotatable bonds is 4. The Morgan fingerprint density at radius 1 is 1.16 bits per heavy atom. The Kier molecular flexibility index (Phi) is 3.40. The zero-order valence-corrected chi connectivity index (χ0v) is 12.0. The number of nitrogens with zero attached hydrogens (tertiary/aromatic N) is 1. The van der Waals surface area contributed by atoms with Crippen molar-refractivity contribution >= 4 is 0 Å². The van der Waals surface area contributed by atoms with Gasteiger partial charge in [0.25, 0.3) is 0 Å². The van der Waals surface area contributed by atoms with Crippen LogP contribution in [-0.2, 0) is 0 Å². The molecule has 3 rings (SSSR count). The van der Waals surface area contributed by atoms with Crippen molar-refractivity contribution in [2.24, 2.45) is 5.92 Å². The van der Waals surface area contributed by atoms with Crippen LogP contribution in [0, 0.1) is 5.92 Å². The minimum absolute atomic E-state index is 0.0787. The van der Waals surface area contributed by atoms with E-state index in [1.54, 1.807) is 0 Å². The first-order valence-corrected chi connectivity index (χ1v) is 7.59. The smallest absolute Gasteiger partial charge is 0.0752 e. The number of benzene rings is 1. The van der Waals surface area contributed by atoms with Gasteiger partial charge in [0.15, 0.2) is 0 Å². The van der Waals surface area contributed by atoms with E-state index in [1.165, 1.54) is 18.4 Å². The molecular weight excluding hydrogens is 234 g/mol. The first kappa shape index (κ1) is 13.1. The molecule has 1 aliphatic carbocycles. The lowest BCUT2D eigenvalue weighted by molar-refractivity contribution is -0.0114. The third-order valence-corrected chi connectivity index (χ3v) is 5.12. The summed E-state index contributed by atoms with van der Waals surface area (Å²) < 4.78 is 0. The molecule has 2 nitrogen and oxygen atoms in total. The van der Waals surface area contributed by atoms with Crippen LogP contribution in [0.4, 0.5) is 0 Å². The Morgan fingerprint density at radius 2 is 1.79 bits per heavy atom. The standard InChI is InChI=1S/C17H25NO/c1-17(2,18-10-6-7-11-18)16(19)15-12-14(15)13-8-4-3-5-9-13/h3-5,8-9,14-16,19H,6-7,10-12H2,1-2H3.